The molecule has 0 N–H and O–H groups in total. The minimum Gasteiger partial charge on any atom is -0.493 e. The van der Waals surface area contributed by atoms with Crippen LogP contribution in [-0.4, -0.2) is 51.0 Å². The molecule has 0 aromatic heterocycles. The number of rotatable bonds is 4. The third-order valence-corrected chi connectivity index (χ3v) is 3.59. The number of ether oxygens (including phenoxy) is 4. The Labute approximate surface area is 124 Å². The molecule has 0 aliphatic carbocycles. The molecule has 1 aliphatic heterocycles. The van der Waals surface area contributed by atoms with E-state index in [1.807, 2.05) is 13.8 Å². The third-order valence-electron chi connectivity index (χ3n) is 3.59. The van der Waals surface area contributed by atoms with Gasteiger partial charge in [0, 0.05) is 5.56 Å². The van der Waals surface area contributed by atoms with Gasteiger partial charge in [-0.1, -0.05) is 0 Å². The van der Waals surface area contributed by atoms with E-state index < -0.39 is 0 Å². The van der Waals surface area contributed by atoms with Crippen LogP contribution < -0.4 is 14.2 Å². The van der Waals surface area contributed by atoms with Gasteiger partial charge in [0.25, 0.3) is 5.91 Å². The number of hydrogen-bond acceptors (Lipinski definition) is 5. The Bertz CT molecular complexity index is 496. The van der Waals surface area contributed by atoms with E-state index in [0.29, 0.717) is 29.4 Å². The molecule has 2 unspecified atom stereocenters. The summed E-state index contributed by atoms with van der Waals surface area (Å²) in [4.78, 5) is 14.4. The van der Waals surface area contributed by atoms with Gasteiger partial charge in [-0.05, 0) is 26.0 Å². The van der Waals surface area contributed by atoms with Crippen molar-refractivity contribution < 1.29 is 23.7 Å². The monoisotopic (exact) mass is 295 g/mol. The Morgan fingerprint density at radius 1 is 1.14 bits per heavy atom. The largest absolute Gasteiger partial charge is 0.493 e. The topological polar surface area (TPSA) is 57.2 Å². The van der Waals surface area contributed by atoms with Crippen molar-refractivity contribution in [3.05, 3.63) is 17.7 Å². The quantitative estimate of drug-likeness (QED) is 0.849. The van der Waals surface area contributed by atoms with Crippen LogP contribution in [0.5, 0.6) is 17.2 Å². The van der Waals surface area contributed by atoms with Crippen molar-refractivity contribution in [2.24, 2.45) is 0 Å². The average molecular weight is 295 g/mol. The van der Waals surface area contributed by atoms with Gasteiger partial charge in [-0.25, -0.2) is 0 Å². The van der Waals surface area contributed by atoms with Crippen molar-refractivity contribution in [2.75, 3.05) is 27.9 Å². The number of methoxy groups -OCH3 is 3. The smallest absolute Gasteiger partial charge is 0.256 e. The molecule has 1 aromatic rings. The predicted octanol–water partition coefficient (Wildman–Crippen LogP) is 1.92. The number of benzene rings is 1. The molecule has 0 bridgehead atoms. The number of carbonyl (C=O) groups is 1. The molecule has 1 amide bonds. The van der Waals surface area contributed by atoms with Gasteiger partial charge in [-0.3, -0.25) is 4.79 Å². The van der Waals surface area contributed by atoms with Crippen molar-refractivity contribution >= 4 is 5.91 Å². The molecule has 2 atom stereocenters. The van der Waals surface area contributed by atoms with Crippen LogP contribution in [0.4, 0.5) is 0 Å². The van der Waals surface area contributed by atoms with Crippen LogP contribution in [-0.2, 0) is 4.74 Å². The van der Waals surface area contributed by atoms with Crippen molar-refractivity contribution in [3.8, 4) is 17.2 Å². The molecule has 1 aliphatic rings. The minimum atomic E-state index is -0.244. The number of carbonyl (C=O) groups excluding carboxylic acids is 1. The second-order valence-electron chi connectivity index (χ2n) is 4.91. The van der Waals surface area contributed by atoms with Gasteiger partial charge in [-0.2, -0.15) is 0 Å². The first-order valence-electron chi connectivity index (χ1n) is 6.77. The zero-order chi connectivity index (χ0) is 15.6. The van der Waals surface area contributed by atoms with Gasteiger partial charge in [0.2, 0.25) is 5.75 Å². The number of nitrogens with zero attached hydrogens (tertiary/aromatic N) is 1. The maximum Gasteiger partial charge on any atom is 0.256 e. The Kier molecular flexibility index (Phi) is 4.57. The van der Waals surface area contributed by atoms with Crippen LogP contribution in [0.15, 0.2) is 12.1 Å². The average Bonchev–Trinajstić information content (AvgIpc) is 2.83. The van der Waals surface area contributed by atoms with Gasteiger partial charge < -0.3 is 23.8 Å². The van der Waals surface area contributed by atoms with Crippen LogP contribution in [0.3, 0.4) is 0 Å². The summed E-state index contributed by atoms with van der Waals surface area (Å²) in [5.74, 6) is 1.27. The predicted molar refractivity (Wildman–Crippen MR) is 77.1 cm³/mol. The molecule has 6 heteroatoms. The fourth-order valence-corrected chi connectivity index (χ4v) is 2.52. The maximum absolute atomic E-state index is 12.7. The first-order chi connectivity index (χ1) is 10.0. The Morgan fingerprint density at radius 3 is 2.10 bits per heavy atom. The first kappa shape index (κ1) is 15.4. The van der Waals surface area contributed by atoms with Gasteiger partial charge in [0.05, 0.1) is 34.0 Å². The summed E-state index contributed by atoms with van der Waals surface area (Å²) in [7, 11) is 4.58. The van der Waals surface area contributed by atoms with E-state index in [1.54, 1.807) is 17.0 Å². The SMILES string of the molecule is COc1cc(C(=O)N2C(C)COC2C)cc(OC)c1OC. The Hall–Kier alpha value is -1.95. The van der Waals surface area contributed by atoms with Crippen LogP contribution in [0, 0.1) is 0 Å². The second-order valence-corrected chi connectivity index (χ2v) is 4.91. The van der Waals surface area contributed by atoms with Crippen LogP contribution in [0.25, 0.3) is 0 Å². The Balaban J connectivity index is 2.42. The van der Waals surface area contributed by atoms with E-state index in [0.717, 1.165) is 0 Å². The minimum absolute atomic E-state index is 0.0339. The number of amides is 1. The molecule has 0 spiro atoms. The Morgan fingerprint density at radius 2 is 1.71 bits per heavy atom. The molecule has 0 saturated carbocycles. The van der Waals surface area contributed by atoms with E-state index in [1.165, 1.54) is 21.3 Å². The highest BCUT2D eigenvalue weighted by molar-refractivity contribution is 5.96. The van der Waals surface area contributed by atoms with E-state index in [4.69, 9.17) is 18.9 Å². The molecule has 6 nitrogen and oxygen atoms in total. The lowest BCUT2D eigenvalue weighted by atomic mass is 10.1. The third kappa shape index (κ3) is 2.76. The van der Waals surface area contributed by atoms with Gasteiger partial charge in [-0.15, -0.1) is 0 Å². The maximum atomic E-state index is 12.7. The standard InChI is InChI=1S/C15H21NO5/c1-9-8-21-10(2)16(9)15(17)11-6-12(18-3)14(20-5)13(7-11)19-4/h6-7,9-10H,8H2,1-5H3. The second kappa shape index (κ2) is 6.22. The highest BCUT2D eigenvalue weighted by Crippen LogP contribution is 2.38. The summed E-state index contributed by atoms with van der Waals surface area (Å²) in [6, 6.07) is 3.34. The fraction of sp³-hybridized carbons (Fsp3) is 0.533. The molecule has 21 heavy (non-hydrogen) atoms. The highest BCUT2D eigenvalue weighted by atomic mass is 16.5. The van der Waals surface area contributed by atoms with Gasteiger partial charge in [0.1, 0.15) is 6.23 Å². The molecule has 116 valence electrons. The van der Waals surface area contributed by atoms with Crippen molar-refractivity contribution in [2.45, 2.75) is 26.1 Å². The number of hydrogen-bond donors (Lipinski definition) is 0. The summed E-state index contributed by atoms with van der Waals surface area (Å²) in [5, 5.41) is 0. The van der Waals surface area contributed by atoms with Crippen LogP contribution >= 0.6 is 0 Å². The molecule has 1 saturated heterocycles. The van der Waals surface area contributed by atoms with Gasteiger partial charge in [0.15, 0.2) is 11.5 Å². The van der Waals surface area contributed by atoms with E-state index in [-0.39, 0.29) is 18.2 Å². The first-order valence-corrected chi connectivity index (χ1v) is 6.77. The molecule has 0 radical (unpaired) electrons. The van der Waals surface area contributed by atoms with E-state index in [9.17, 15) is 4.79 Å². The fourth-order valence-electron chi connectivity index (χ4n) is 2.52. The van der Waals surface area contributed by atoms with E-state index >= 15 is 0 Å². The van der Waals surface area contributed by atoms with Crippen molar-refractivity contribution in [1.82, 2.24) is 4.90 Å². The van der Waals surface area contributed by atoms with Crippen LogP contribution in [0.2, 0.25) is 0 Å². The molecular weight excluding hydrogens is 274 g/mol. The van der Waals surface area contributed by atoms with Crippen molar-refractivity contribution in [3.63, 3.8) is 0 Å². The van der Waals surface area contributed by atoms with Crippen molar-refractivity contribution in [1.29, 1.82) is 0 Å². The summed E-state index contributed by atoms with van der Waals surface area (Å²) in [6.45, 7) is 4.36. The molecular formula is C15H21NO5. The summed E-state index contributed by atoms with van der Waals surface area (Å²) < 4.78 is 21.3. The molecule has 2 rings (SSSR count). The van der Waals surface area contributed by atoms with E-state index in [2.05, 4.69) is 0 Å². The summed E-state index contributed by atoms with van der Waals surface area (Å²) >= 11 is 0. The molecule has 1 fully saturated rings. The lowest BCUT2D eigenvalue weighted by Gasteiger charge is -2.24. The zero-order valence-corrected chi connectivity index (χ0v) is 13.0. The van der Waals surface area contributed by atoms with Crippen LogP contribution in [0.1, 0.15) is 24.2 Å². The normalized spacial score (nSPS) is 21.3. The lowest BCUT2D eigenvalue weighted by molar-refractivity contribution is 0.0354. The highest BCUT2D eigenvalue weighted by Gasteiger charge is 2.33. The summed E-state index contributed by atoms with van der Waals surface area (Å²) in [6.07, 6.45) is -0.244. The lowest BCUT2D eigenvalue weighted by Crippen LogP contribution is -2.39. The molecule has 1 heterocycles. The summed E-state index contributed by atoms with van der Waals surface area (Å²) in [5.41, 5.74) is 0.480. The van der Waals surface area contributed by atoms with Gasteiger partial charge >= 0.3 is 0 Å². The zero-order valence-electron chi connectivity index (χ0n) is 13.0. The molecule has 1 aromatic carbocycles.